The van der Waals surface area contributed by atoms with Gasteiger partial charge < -0.3 is 15.4 Å². The van der Waals surface area contributed by atoms with Crippen LogP contribution < -0.4 is 10.6 Å². The van der Waals surface area contributed by atoms with Gasteiger partial charge in [0.1, 0.15) is 12.3 Å². The Labute approximate surface area is 130 Å². The van der Waals surface area contributed by atoms with Gasteiger partial charge in [-0.15, -0.1) is 11.3 Å². The topological polar surface area (TPSA) is 80.3 Å². The number of halogens is 1. The number of hydrogen-bond donors (Lipinski definition) is 2. The average Bonchev–Trinajstić information content (AvgIpc) is 2.97. The third-order valence-electron chi connectivity index (χ3n) is 2.44. The lowest BCUT2D eigenvalue weighted by molar-refractivity contribution is -0.119. The summed E-state index contributed by atoms with van der Waals surface area (Å²) in [6.07, 6.45) is 0. The highest BCUT2D eigenvalue weighted by Gasteiger charge is 2.11. The Morgan fingerprint density at radius 2 is 2.19 bits per heavy atom. The van der Waals surface area contributed by atoms with Crippen molar-refractivity contribution in [3.63, 3.8) is 0 Å². The Morgan fingerprint density at radius 1 is 1.38 bits per heavy atom. The highest BCUT2D eigenvalue weighted by atomic mass is 35.5. The molecule has 1 heterocycles. The van der Waals surface area contributed by atoms with Gasteiger partial charge in [0.25, 0.3) is 5.91 Å². The standard InChI is InChI=1S/C13H12ClN3O3S/c1-20-5-12(18)16-8-2-3-9(14)10(4-8)17-13(19)11-6-21-7-15-11/h2-4,6-7H,5H2,1H3,(H,16,18)(H,17,19). The lowest BCUT2D eigenvalue weighted by Gasteiger charge is -2.09. The molecular formula is C13H12ClN3O3S. The van der Waals surface area contributed by atoms with E-state index in [2.05, 4.69) is 15.6 Å². The van der Waals surface area contributed by atoms with E-state index in [1.807, 2.05) is 0 Å². The van der Waals surface area contributed by atoms with Gasteiger partial charge in [0, 0.05) is 18.2 Å². The van der Waals surface area contributed by atoms with Crippen LogP contribution >= 0.6 is 22.9 Å². The number of carbonyl (C=O) groups is 2. The largest absolute Gasteiger partial charge is 0.375 e. The summed E-state index contributed by atoms with van der Waals surface area (Å²) in [6, 6.07) is 4.79. The Morgan fingerprint density at radius 3 is 2.86 bits per heavy atom. The van der Waals surface area contributed by atoms with E-state index >= 15 is 0 Å². The molecule has 0 unspecified atom stereocenters. The van der Waals surface area contributed by atoms with Crippen molar-refractivity contribution in [3.8, 4) is 0 Å². The molecule has 0 spiro atoms. The van der Waals surface area contributed by atoms with Gasteiger partial charge in [-0.2, -0.15) is 0 Å². The van der Waals surface area contributed by atoms with E-state index in [-0.39, 0.29) is 18.4 Å². The molecule has 0 saturated heterocycles. The van der Waals surface area contributed by atoms with Crippen molar-refractivity contribution in [2.45, 2.75) is 0 Å². The average molecular weight is 326 g/mol. The maximum Gasteiger partial charge on any atom is 0.275 e. The quantitative estimate of drug-likeness (QED) is 0.885. The lowest BCUT2D eigenvalue weighted by Crippen LogP contribution is -2.17. The van der Waals surface area contributed by atoms with Gasteiger partial charge in [0.2, 0.25) is 5.91 Å². The van der Waals surface area contributed by atoms with Crippen molar-refractivity contribution in [3.05, 3.63) is 39.8 Å². The highest BCUT2D eigenvalue weighted by molar-refractivity contribution is 7.07. The van der Waals surface area contributed by atoms with Crippen molar-refractivity contribution >= 4 is 46.1 Å². The number of nitrogens with zero attached hydrogens (tertiary/aromatic N) is 1. The lowest BCUT2D eigenvalue weighted by atomic mass is 10.2. The molecule has 1 aromatic carbocycles. The third-order valence-corrected chi connectivity index (χ3v) is 3.35. The van der Waals surface area contributed by atoms with Crippen molar-refractivity contribution in [2.75, 3.05) is 24.4 Å². The monoisotopic (exact) mass is 325 g/mol. The molecule has 0 atom stereocenters. The number of hydrogen-bond acceptors (Lipinski definition) is 5. The zero-order valence-corrected chi connectivity index (χ0v) is 12.6. The number of aromatic nitrogens is 1. The molecule has 21 heavy (non-hydrogen) atoms. The van der Waals surface area contributed by atoms with E-state index in [9.17, 15) is 9.59 Å². The molecule has 0 aliphatic carbocycles. The molecule has 2 amide bonds. The Hall–Kier alpha value is -1.96. The number of methoxy groups -OCH3 is 1. The van der Waals surface area contributed by atoms with Crippen LogP contribution in [0, 0.1) is 0 Å². The number of nitrogens with one attached hydrogen (secondary N) is 2. The summed E-state index contributed by atoms with van der Waals surface area (Å²) in [7, 11) is 1.43. The molecule has 110 valence electrons. The fourth-order valence-electron chi connectivity index (χ4n) is 1.54. The van der Waals surface area contributed by atoms with Crippen LogP contribution in [0.4, 0.5) is 11.4 Å². The van der Waals surface area contributed by atoms with E-state index in [1.54, 1.807) is 29.1 Å². The maximum atomic E-state index is 11.9. The summed E-state index contributed by atoms with van der Waals surface area (Å²) in [6.45, 7) is -0.0524. The predicted molar refractivity (Wildman–Crippen MR) is 82.0 cm³/mol. The second-order valence-electron chi connectivity index (χ2n) is 4.00. The molecule has 0 aliphatic heterocycles. The molecule has 6 nitrogen and oxygen atoms in total. The van der Waals surface area contributed by atoms with Crippen LogP contribution in [0.1, 0.15) is 10.5 Å². The van der Waals surface area contributed by atoms with Gasteiger partial charge in [0.05, 0.1) is 16.2 Å². The first-order valence-electron chi connectivity index (χ1n) is 5.88. The summed E-state index contributed by atoms with van der Waals surface area (Å²) < 4.78 is 4.73. The van der Waals surface area contributed by atoms with Gasteiger partial charge in [-0.25, -0.2) is 4.98 Å². The van der Waals surface area contributed by atoms with E-state index in [1.165, 1.54) is 18.4 Å². The van der Waals surface area contributed by atoms with Crippen molar-refractivity contribution in [1.82, 2.24) is 4.98 Å². The number of carbonyl (C=O) groups excluding carboxylic acids is 2. The van der Waals surface area contributed by atoms with Gasteiger partial charge in [0.15, 0.2) is 0 Å². The minimum atomic E-state index is -0.362. The molecule has 1 aromatic heterocycles. The number of benzene rings is 1. The van der Waals surface area contributed by atoms with Crippen molar-refractivity contribution in [2.24, 2.45) is 0 Å². The molecular weight excluding hydrogens is 314 g/mol. The molecule has 0 saturated carbocycles. The normalized spacial score (nSPS) is 10.2. The van der Waals surface area contributed by atoms with E-state index < -0.39 is 0 Å². The summed E-state index contributed by atoms with van der Waals surface area (Å²) in [5, 5.41) is 7.28. The summed E-state index contributed by atoms with van der Waals surface area (Å²) in [5.41, 5.74) is 2.78. The molecule has 0 aliphatic rings. The molecule has 8 heteroatoms. The number of anilines is 2. The Balaban J connectivity index is 2.12. The molecule has 2 rings (SSSR count). The van der Waals surface area contributed by atoms with Crippen LogP contribution in [0.5, 0.6) is 0 Å². The van der Waals surface area contributed by atoms with Gasteiger partial charge in [-0.05, 0) is 18.2 Å². The van der Waals surface area contributed by atoms with Crippen LogP contribution in [0.3, 0.4) is 0 Å². The summed E-state index contributed by atoms with van der Waals surface area (Å²) >= 11 is 7.35. The Kier molecular flexibility index (Phi) is 5.26. The van der Waals surface area contributed by atoms with Gasteiger partial charge in [-0.3, -0.25) is 9.59 Å². The first-order valence-corrected chi connectivity index (χ1v) is 7.20. The number of rotatable bonds is 5. The Bertz CT molecular complexity index is 646. The molecule has 2 N–H and O–H groups in total. The van der Waals surface area contributed by atoms with Gasteiger partial charge in [-0.1, -0.05) is 11.6 Å². The third kappa shape index (κ3) is 4.25. The fraction of sp³-hybridized carbons (Fsp3) is 0.154. The molecule has 2 aromatic rings. The first kappa shape index (κ1) is 15.4. The van der Waals surface area contributed by atoms with Crippen molar-refractivity contribution in [1.29, 1.82) is 0 Å². The van der Waals surface area contributed by atoms with Crippen LogP contribution in [-0.2, 0) is 9.53 Å². The smallest absolute Gasteiger partial charge is 0.275 e. The SMILES string of the molecule is COCC(=O)Nc1ccc(Cl)c(NC(=O)c2cscn2)c1. The summed E-state index contributed by atoms with van der Waals surface area (Å²) in [5.74, 6) is -0.657. The predicted octanol–water partition coefficient (Wildman–Crippen LogP) is 2.63. The first-order chi connectivity index (χ1) is 10.1. The molecule has 0 radical (unpaired) electrons. The minimum Gasteiger partial charge on any atom is -0.375 e. The second-order valence-corrected chi connectivity index (χ2v) is 5.13. The molecule has 0 bridgehead atoms. The van der Waals surface area contributed by atoms with E-state index in [0.717, 1.165) is 0 Å². The van der Waals surface area contributed by atoms with E-state index in [4.69, 9.17) is 16.3 Å². The van der Waals surface area contributed by atoms with Gasteiger partial charge >= 0.3 is 0 Å². The van der Waals surface area contributed by atoms with Crippen LogP contribution in [0.2, 0.25) is 5.02 Å². The zero-order valence-electron chi connectivity index (χ0n) is 11.1. The molecule has 0 fully saturated rings. The number of amides is 2. The van der Waals surface area contributed by atoms with Crippen LogP contribution in [0.25, 0.3) is 0 Å². The second kappa shape index (κ2) is 7.16. The fourth-order valence-corrected chi connectivity index (χ4v) is 2.23. The zero-order chi connectivity index (χ0) is 15.2. The van der Waals surface area contributed by atoms with Crippen molar-refractivity contribution < 1.29 is 14.3 Å². The highest BCUT2D eigenvalue weighted by Crippen LogP contribution is 2.26. The van der Waals surface area contributed by atoms with Crippen LogP contribution in [-0.4, -0.2) is 30.5 Å². The minimum absolute atomic E-state index is 0.0524. The number of ether oxygens (including phenoxy) is 1. The summed E-state index contributed by atoms with van der Waals surface area (Å²) in [4.78, 5) is 27.3. The number of thiazole rings is 1. The van der Waals surface area contributed by atoms with E-state index in [0.29, 0.717) is 22.1 Å². The maximum absolute atomic E-state index is 11.9. The van der Waals surface area contributed by atoms with Crippen LogP contribution in [0.15, 0.2) is 29.1 Å².